The molecule has 0 saturated heterocycles. The van der Waals surface area contributed by atoms with Crippen molar-refractivity contribution in [1.82, 2.24) is 0 Å². The van der Waals surface area contributed by atoms with Crippen LogP contribution in [-0.4, -0.2) is 6.18 Å². The lowest BCUT2D eigenvalue weighted by atomic mass is 9.63. The van der Waals surface area contributed by atoms with E-state index >= 15 is 0 Å². The SMILES string of the molecule is CC1(C)c2ccccc2-c2ccccc2[C+]1C#CC(F)(F)F. The maximum atomic E-state index is 12.5. The zero-order chi connectivity index (χ0) is 16.0. The second kappa shape index (κ2) is 4.84. The van der Waals surface area contributed by atoms with Crippen molar-refractivity contribution in [2.75, 3.05) is 0 Å². The molecule has 2 aromatic rings. The van der Waals surface area contributed by atoms with Crippen LogP contribution < -0.4 is 0 Å². The van der Waals surface area contributed by atoms with Gasteiger partial charge in [0.15, 0.2) is 0 Å². The van der Waals surface area contributed by atoms with Gasteiger partial charge in [-0.3, -0.25) is 0 Å². The lowest BCUT2D eigenvalue weighted by Crippen LogP contribution is -2.31. The Labute approximate surface area is 128 Å². The van der Waals surface area contributed by atoms with Crippen molar-refractivity contribution in [3.63, 3.8) is 0 Å². The van der Waals surface area contributed by atoms with E-state index in [9.17, 15) is 13.2 Å². The van der Waals surface area contributed by atoms with Gasteiger partial charge >= 0.3 is 6.18 Å². The van der Waals surface area contributed by atoms with Crippen LogP contribution in [0.3, 0.4) is 0 Å². The predicted molar refractivity (Wildman–Crippen MR) is 81.1 cm³/mol. The van der Waals surface area contributed by atoms with Gasteiger partial charge in [0.2, 0.25) is 0 Å². The minimum absolute atomic E-state index is 0.513. The highest BCUT2D eigenvalue weighted by Crippen LogP contribution is 2.49. The Morgan fingerprint density at radius 1 is 0.909 bits per heavy atom. The van der Waals surface area contributed by atoms with E-state index in [2.05, 4.69) is 5.92 Å². The first-order valence-corrected chi connectivity index (χ1v) is 6.97. The number of halogens is 3. The molecule has 1 aliphatic carbocycles. The molecule has 0 nitrogen and oxygen atoms in total. The molecule has 3 rings (SSSR count). The molecule has 0 aliphatic heterocycles. The van der Waals surface area contributed by atoms with Gasteiger partial charge < -0.3 is 0 Å². The summed E-state index contributed by atoms with van der Waals surface area (Å²) in [5.41, 5.74) is 3.20. The van der Waals surface area contributed by atoms with E-state index in [1.165, 1.54) is 5.92 Å². The standard InChI is InChI=1S/C19H14F3/c1-18(2)16-10-6-5-9-14(16)13-7-3-4-8-15(13)17(18)11-12-19(20,21)22/h3-10H,1-2H3/q+1. The number of benzene rings is 2. The van der Waals surface area contributed by atoms with Gasteiger partial charge in [0.25, 0.3) is 0 Å². The van der Waals surface area contributed by atoms with Crippen LogP contribution in [0.4, 0.5) is 13.2 Å². The van der Waals surface area contributed by atoms with Crippen LogP contribution in [0.15, 0.2) is 48.5 Å². The topological polar surface area (TPSA) is 0 Å². The molecule has 0 unspecified atom stereocenters. The predicted octanol–water partition coefficient (Wildman–Crippen LogP) is 5.13. The molecule has 0 bridgehead atoms. The summed E-state index contributed by atoms with van der Waals surface area (Å²) >= 11 is 0. The van der Waals surface area contributed by atoms with E-state index < -0.39 is 11.6 Å². The molecule has 0 atom stereocenters. The van der Waals surface area contributed by atoms with Crippen molar-refractivity contribution in [1.29, 1.82) is 0 Å². The normalized spacial score (nSPS) is 15.4. The summed E-state index contributed by atoms with van der Waals surface area (Å²) in [7, 11) is 0. The summed E-state index contributed by atoms with van der Waals surface area (Å²) in [6.07, 6.45) is -4.49. The van der Waals surface area contributed by atoms with Gasteiger partial charge in [-0.2, -0.15) is 0 Å². The molecule has 0 amide bonds. The Balaban J connectivity index is 2.26. The van der Waals surface area contributed by atoms with Crippen LogP contribution in [0.5, 0.6) is 0 Å². The largest absolute Gasteiger partial charge is 0.505 e. The Hall–Kier alpha value is -2.34. The zero-order valence-corrected chi connectivity index (χ0v) is 12.3. The molecule has 0 radical (unpaired) electrons. The van der Waals surface area contributed by atoms with Gasteiger partial charge in [0, 0.05) is 11.6 Å². The van der Waals surface area contributed by atoms with E-state index in [-0.39, 0.29) is 0 Å². The molecule has 0 saturated carbocycles. The first-order chi connectivity index (χ1) is 10.3. The van der Waals surface area contributed by atoms with Crippen LogP contribution in [-0.2, 0) is 5.41 Å². The summed E-state index contributed by atoms with van der Waals surface area (Å²) in [4.78, 5) is 0. The van der Waals surface area contributed by atoms with E-state index in [1.807, 2.05) is 62.4 Å². The van der Waals surface area contributed by atoms with Gasteiger partial charge in [-0.1, -0.05) is 18.2 Å². The summed E-state index contributed by atoms with van der Waals surface area (Å²) in [6, 6.07) is 15.3. The second-order valence-electron chi connectivity index (χ2n) is 5.84. The molecule has 3 heteroatoms. The third-order valence-corrected chi connectivity index (χ3v) is 4.04. The Morgan fingerprint density at radius 3 is 2.18 bits per heavy atom. The molecule has 0 heterocycles. The zero-order valence-electron chi connectivity index (χ0n) is 12.3. The average molecular weight is 299 g/mol. The van der Waals surface area contributed by atoms with E-state index in [0.717, 1.165) is 22.3 Å². The van der Waals surface area contributed by atoms with Crippen LogP contribution in [0.1, 0.15) is 25.0 Å². The molecule has 0 aromatic heterocycles. The molecule has 0 fully saturated rings. The average Bonchev–Trinajstić information content (AvgIpc) is 2.46. The van der Waals surface area contributed by atoms with Crippen molar-refractivity contribution in [2.24, 2.45) is 0 Å². The number of hydrogen-bond acceptors (Lipinski definition) is 0. The molecular weight excluding hydrogens is 285 g/mol. The highest BCUT2D eigenvalue weighted by atomic mass is 19.4. The third-order valence-electron chi connectivity index (χ3n) is 4.04. The van der Waals surface area contributed by atoms with Gasteiger partial charge in [-0.05, 0) is 43.7 Å². The van der Waals surface area contributed by atoms with Crippen molar-refractivity contribution >= 4 is 0 Å². The highest BCUT2D eigenvalue weighted by molar-refractivity contribution is 5.81. The molecule has 22 heavy (non-hydrogen) atoms. The second-order valence-corrected chi connectivity index (χ2v) is 5.84. The molecule has 2 aromatic carbocycles. The highest BCUT2D eigenvalue weighted by Gasteiger charge is 2.45. The number of rotatable bonds is 0. The molecule has 0 spiro atoms. The molecule has 1 aliphatic rings. The first-order valence-electron chi connectivity index (χ1n) is 6.97. The van der Waals surface area contributed by atoms with Gasteiger partial charge in [0.1, 0.15) is 17.4 Å². The van der Waals surface area contributed by atoms with Gasteiger partial charge in [-0.25, -0.2) is 0 Å². The Kier molecular flexibility index (Phi) is 3.21. The molecular formula is C19H14F3+. The van der Waals surface area contributed by atoms with E-state index in [0.29, 0.717) is 5.92 Å². The van der Waals surface area contributed by atoms with E-state index in [4.69, 9.17) is 0 Å². The maximum Gasteiger partial charge on any atom is 0.505 e. The quantitative estimate of drug-likeness (QED) is 0.467. The van der Waals surface area contributed by atoms with Crippen LogP contribution in [0, 0.1) is 17.8 Å². The van der Waals surface area contributed by atoms with Crippen molar-refractivity contribution in [3.8, 4) is 23.0 Å². The third kappa shape index (κ3) is 2.35. The van der Waals surface area contributed by atoms with Crippen LogP contribution in [0.25, 0.3) is 11.1 Å². The van der Waals surface area contributed by atoms with Crippen molar-refractivity contribution in [3.05, 3.63) is 65.6 Å². The Bertz CT molecular complexity index is 773. The number of fused-ring (bicyclic) bond motifs is 3. The van der Waals surface area contributed by atoms with Gasteiger partial charge in [-0.15, -0.1) is 13.2 Å². The summed E-state index contributed by atoms with van der Waals surface area (Å²) in [5.74, 6) is 4.34. The summed E-state index contributed by atoms with van der Waals surface area (Å²) in [6.45, 7) is 3.84. The first kappa shape index (κ1) is 14.6. The number of alkyl halides is 3. The van der Waals surface area contributed by atoms with Crippen molar-refractivity contribution in [2.45, 2.75) is 25.4 Å². The lowest BCUT2D eigenvalue weighted by Gasteiger charge is -2.33. The smallest absolute Gasteiger partial charge is 0.149 e. The fraction of sp³-hybridized carbons (Fsp3) is 0.211. The summed E-state index contributed by atoms with van der Waals surface area (Å²) in [5, 5.41) is 0. The minimum Gasteiger partial charge on any atom is -0.149 e. The fourth-order valence-electron chi connectivity index (χ4n) is 3.03. The van der Waals surface area contributed by atoms with Crippen LogP contribution in [0.2, 0.25) is 0 Å². The summed E-state index contributed by atoms with van der Waals surface area (Å²) < 4.78 is 37.6. The lowest BCUT2D eigenvalue weighted by molar-refractivity contribution is -0.0697. The molecule has 110 valence electrons. The van der Waals surface area contributed by atoms with Crippen molar-refractivity contribution < 1.29 is 13.2 Å². The fourth-order valence-corrected chi connectivity index (χ4v) is 3.03. The Morgan fingerprint density at radius 2 is 1.50 bits per heavy atom. The number of hydrogen-bond donors (Lipinski definition) is 0. The monoisotopic (exact) mass is 299 g/mol. The maximum absolute atomic E-state index is 12.5. The van der Waals surface area contributed by atoms with Crippen LogP contribution >= 0.6 is 0 Å². The molecule has 0 N–H and O–H groups in total. The van der Waals surface area contributed by atoms with Gasteiger partial charge in [0.05, 0.1) is 16.9 Å². The van der Waals surface area contributed by atoms with E-state index in [1.54, 1.807) is 0 Å². The minimum atomic E-state index is -4.49.